The molecule has 1 amide bonds. The fourth-order valence-corrected chi connectivity index (χ4v) is 2.34. The molecule has 0 aliphatic rings. The van der Waals surface area contributed by atoms with Gasteiger partial charge in [-0.1, -0.05) is 5.16 Å². The summed E-state index contributed by atoms with van der Waals surface area (Å²) in [6.45, 7) is 2.10. The molecule has 0 aliphatic heterocycles. The first kappa shape index (κ1) is 14.8. The minimum Gasteiger partial charge on any atom is -0.463 e. The average Bonchev–Trinajstić information content (AvgIpc) is 3.21. The van der Waals surface area contributed by atoms with Crippen LogP contribution in [0.2, 0.25) is 0 Å². The lowest BCUT2D eigenvalue weighted by Gasteiger charge is -2.16. The van der Waals surface area contributed by atoms with Crippen LogP contribution in [0.15, 0.2) is 33.4 Å². The van der Waals surface area contributed by atoms with Crippen LogP contribution in [0.5, 0.6) is 0 Å². The van der Waals surface area contributed by atoms with E-state index in [1.165, 1.54) is 11.2 Å². The van der Waals surface area contributed by atoms with E-state index >= 15 is 0 Å². The molecule has 0 saturated carbocycles. The zero-order valence-electron chi connectivity index (χ0n) is 12.7. The second-order valence-corrected chi connectivity index (χ2v) is 5.12. The highest BCUT2D eigenvalue weighted by Gasteiger charge is 2.22. The van der Waals surface area contributed by atoms with Crippen molar-refractivity contribution in [2.45, 2.75) is 13.3 Å². The molecule has 0 atom stereocenters. The zero-order valence-corrected chi connectivity index (χ0v) is 12.7. The molecule has 0 fully saturated rings. The highest BCUT2D eigenvalue weighted by molar-refractivity contribution is 6.06. The Morgan fingerprint density at radius 2 is 2.30 bits per heavy atom. The number of amides is 1. The molecule has 3 aromatic rings. The molecule has 0 aromatic carbocycles. The Kier molecular flexibility index (Phi) is 3.81. The van der Waals surface area contributed by atoms with Crippen LogP contribution in [-0.4, -0.2) is 34.5 Å². The number of pyridine rings is 1. The van der Waals surface area contributed by atoms with Crippen LogP contribution in [0.3, 0.4) is 0 Å². The lowest BCUT2D eigenvalue weighted by molar-refractivity contribution is 0.0800. The summed E-state index contributed by atoms with van der Waals surface area (Å²) >= 11 is 0. The molecular weight excluding hydrogens is 296 g/mol. The van der Waals surface area contributed by atoms with Crippen molar-refractivity contribution in [3.63, 3.8) is 0 Å². The molecule has 7 heteroatoms. The van der Waals surface area contributed by atoms with Crippen LogP contribution in [0.1, 0.15) is 22.5 Å². The van der Waals surface area contributed by atoms with Crippen LogP contribution < -0.4 is 0 Å². The monoisotopic (exact) mass is 310 g/mol. The number of hydrogen-bond acceptors (Lipinski definition) is 6. The third kappa shape index (κ3) is 2.66. The molecule has 3 rings (SSSR count). The number of carbonyl (C=O) groups is 1. The standard InChI is InChI=1S/C16H14N4O3/c1-10-14-11(16(21)20(2)7-4-6-17)9-12(13-5-3-8-22-13)18-15(14)23-19-10/h3,5,8-9H,4,7H2,1-2H3. The minimum atomic E-state index is -0.216. The van der Waals surface area contributed by atoms with E-state index in [4.69, 9.17) is 14.2 Å². The molecule has 0 bridgehead atoms. The van der Waals surface area contributed by atoms with Crippen molar-refractivity contribution in [3.8, 4) is 17.5 Å². The number of aromatic nitrogens is 2. The van der Waals surface area contributed by atoms with Crippen molar-refractivity contribution in [2.24, 2.45) is 0 Å². The number of aryl methyl sites for hydroxylation is 1. The molecule has 3 heterocycles. The third-order valence-electron chi connectivity index (χ3n) is 3.53. The maximum Gasteiger partial charge on any atom is 0.259 e. The fraction of sp³-hybridized carbons (Fsp3) is 0.250. The fourth-order valence-electron chi connectivity index (χ4n) is 2.34. The van der Waals surface area contributed by atoms with Crippen LogP contribution in [0.25, 0.3) is 22.6 Å². The minimum absolute atomic E-state index is 0.216. The molecule has 3 aromatic heterocycles. The number of furan rings is 1. The van der Waals surface area contributed by atoms with Gasteiger partial charge in [0.1, 0.15) is 5.69 Å². The summed E-state index contributed by atoms with van der Waals surface area (Å²) in [7, 11) is 1.65. The Morgan fingerprint density at radius 3 is 3.00 bits per heavy atom. The Morgan fingerprint density at radius 1 is 1.48 bits per heavy atom. The van der Waals surface area contributed by atoms with Gasteiger partial charge >= 0.3 is 0 Å². The van der Waals surface area contributed by atoms with Gasteiger partial charge in [0.2, 0.25) is 0 Å². The van der Waals surface area contributed by atoms with E-state index in [0.29, 0.717) is 34.6 Å². The summed E-state index contributed by atoms with van der Waals surface area (Å²) in [5.41, 5.74) is 1.81. The Labute approximate surface area is 132 Å². The first-order valence-corrected chi connectivity index (χ1v) is 7.05. The number of hydrogen-bond donors (Lipinski definition) is 0. The number of fused-ring (bicyclic) bond motifs is 1. The van der Waals surface area contributed by atoms with Crippen LogP contribution in [0.4, 0.5) is 0 Å². The zero-order chi connectivity index (χ0) is 16.4. The average molecular weight is 310 g/mol. The highest BCUT2D eigenvalue weighted by Crippen LogP contribution is 2.28. The largest absolute Gasteiger partial charge is 0.463 e. The number of carbonyl (C=O) groups excluding carboxylic acids is 1. The van der Waals surface area contributed by atoms with Crippen molar-refractivity contribution >= 4 is 17.0 Å². The van der Waals surface area contributed by atoms with Gasteiger partial charge < -0.3 is 13.8 Å². The molecule has 23 heavy (non-hydrogen) atoms. The topological polar surface area (TPSA) is 96.2 Å². The van der Waals surface area contributed by atoms with Gasteiger partial charge in [0.05, 0.1) is 35.4 Å². The normalized spacial score (nSPS) is 10.7. The van der Waals surface area contributed by atoms with Gasteiger partial charge in [0, 0.05) is 13.6 Å². The van der Waals surface area contributed by atoms with Crippen LogP contribution in [-0.2, 0) is 0 Å². The van der Waals surface area contributed by atoms with Crippen molar-refractivity contribution in [2.75, 3.05) is 13.6 Å². The molecule has 0 saturated heterocycles. The molecule has 0 unspecified atom stereocenters. The first-order valence-electron chi connectivity index (χ1n) is 7.05. The van der Waals surface area contributed by atoms with E-state index in [0.717, 1.165) is 0 Å². The van der Waals surface area contributed by atoms with E-state index < -0.39 is 0 Å². The maximum atomic E-state index is 12.7. The summed E-state index contributed by atoms with van der Waals surface area (Å²) in [5, 5.41) is 13.2. The molecule has 7 nitrogen and oxygen atoms in total. The summed E-state index contributed by atoms with van der Waals surface area (Å²) in [6, 6.07) is 7.19. The van der Waals surface area contributed by atoms with E-state index in [-0.39, 0.29) is 18.0 Å². The molecule has 0 radical (unpaired) electrons. The number of rotatable bonds is 4. The lowest BCUT2D eigenvalue weighted by atomic mass is 10.1. The molecular formula is C16H14N4O3. The summed E-state index contributed by atoms with van der Waals surface area (Å²) in [6.07, 6.45) is 1.80. The predicted octanol–water partition coefficient (Wildman–Crippen LogP) is 2.78. The van der Waals surface area contributed by atoms with Crippen molar-refractivity contribution in [3.05, 3.63) is 35.7 Å². The smallest absolute Gasteiger partial charge is 0.259 e. The Balaban J connectivity index is 2.12. The van der Waals surface area contributed by atoms with Gasteiger partial charge in [-0.3, -0.25) is 4.79 Å². The van der Waals surface area contributed by atoms with Gasteiger partial charge in [-0.2, -0.15) is 5.26 Å². The third-order valence-corrected chi connectivity index (χ3v) is 3.53. The van der Waals surface area contributed by atoms with Crippen molar-refractivity contribution < 1.29 is 13.7 Å². The summed E-state index contributed by atoms with van der Waals surface area (Å²) in [4.78, 5) is 18.6. The number of nitrogens with zero attached hydrogens (tertiary/aromatic N) is 4. The maximum absolute atomic E-state index is 12.7. The van der Waals surface area contributed by atoms with Gasteiger partial charge in [0.25, 0.3) is 11.6 Å². The van der Waals surface area contributed by atoms with Crippen LogP contribution in [0, 0.1) is 18.3 Å². The van der Waals surface area contributed by atoms with E-state index in [1.54, 1.807) is 32.2 Å². The number of nitriles is 1. The Hall–Kier alpha value is -3.14. The van der Waals surface area contributed by atoms with E-state index in [1.807, 2.05) is 6.07 Å². The molecule has 116 valence electrons. The SMILES string of the molecule is Cc1noc2nc(-c3ccco3)cc(C(=O)N(C)CCC#N)c12. The van der Waals surface area contributed by atoms with Gasteiger partial charge in [0.15, 0.2) is 5.76 Å². The quantitative estimate of drug-likeness (QED) is 0.735. The molecule has 0 N–H and O–H groups in total. The molecule has 0 aliphatic carbocycles. The van der Waals surface area contributed by atoms with E-state index in [2.05, 4.69) is 10.1 Å². The van der Waals surface area contributed by atoms with Crippen molar-refractivity contribution in [1.29, 1.82) is 5.26 Å². The second kappa shape index (κ2) is 5.93. The first-order chi connectivity index (χ1) is 11.1. The van der Waals surface area contributed by atoms with E-state index in [9.17, 15) is 4.79 Å². The van der Waals surface area contributed by atoms with Gasteiger partial charge in [-0.15, -0.1) is 0 Å². The van der Waals surface area contributed by atoms with Crippen LogP contribution >= 0.6 is 0 Å². The summed E-state index contributed by atoms with van der Waals surface area (Å²) in [5.74, 6) is 0.321. The van der Waals surface area contributed by atoms with Gasteiger partial charge in [-0.25, -0.2) is 4.98 Å². The second-order valence-electron chi connectivity index (χ2n) is 5.12. The van der Waals surface area contributed by atoms with Crippen molar-refractivity contribution in [1.82, 2.24) is 15.0 Å². The van der Waals surface area contributed by atoms with Gasteiger partial charge in [-0.05, 0) is 25.1 Å². The molecule has 0 spiro atoms. The lowest BCUT2D eigenvalue weighted by Crippen LogP contribution is -2.27. The predicted molar refractivity (Wildman–Crippen MR) is 81.4 cm³/mol. The Bertz CT molecular complexity index is 890. The highest BCUT2D eigenvalue weighted by atomic mass is 16.5. The summed E-state index contributed by atoms with van der Waals surface area (Å²) < 4.78 is 10.6.